The lowest BCUT2D eigenvalue weighted by Crippen LogP contribution is -2.12. The quantitative estimate of drug-likeness (QED) is 0.575. The van der Waals surface area contributed by atoms with Crippen LogP contribution in [0.2, 0.25) is 0 Å². The summed E-state index contributed by atoms with van der Waals surface area (Å²) in [4.78, 5) is 11.6. The summed E-state index contributed by atoms with van der Waals surface area (Å²) >= 11 is 0. The number of ether oxygens (including phenoxy) is 1. The van der Waals surface area contributed by atoms with Crippen LogP contribution in [0, 0.1) is 5.92 Å². The molecule has 0 aromatic heterocycles. The summed E-state index contributed by atoms with van der Waals surface area (Å²) in [5, 5.41) is 2.82. The van der Waals surface area contributed by atoms with Crippen LogP contribution in [0.25, 0.3) is 0 Å². The molecule has 0 unspecified atom stereocenters. The molecule has 4 heteroatoms. The van der Waals surface area contributed by atoms with Crippen LogP contribution in [0.15, 0.2) is 24.3 Å². The highest BCUT2D eigenvalue weighted by Gasteiger charge is 2.20. The van der Waals surface area contributed by atoms with E-state index in [0.29, 0.717) is 18.7 Å². The Morgan fingerprint density at radius 1 is 1.44 bits per heavy atom. The third kappa shape index (κ3) is 4.75. The first-order valence-corrected chi connectivity index (χ1v) is 6.47. The molecule has 1 fully saturated rings. The van der Waals surface area contributed by atoms with Gasteiger partial charge >= 0.3 is 0 Å². The summed E-state index contributed by atoms with van der Waals surface area (Å²) < 4.78 is 5.48. The number of carbonyl (C=O) groups is 1. The Kier molecular flexibility index (Phi) is 4.59. The molecule has 98 valence electrons. The zero-order valence-electron chi connectivity index (χ0n) is 10.5. The maximum Gasteiger partial charge on any atom is 0.224 e. The van der Waals surface area contributed by atoms with Crippen LogP contribution >= 0.6 is 0 Å². The maximum absolute atomic E-state index is 11.6. The van der Waals surface area contributed by atoms with Crippen LogP contribution in [0.4, 0.5) is 11.4 Å². The highest BCUT2D eigenvalue weighted by atomic mass is 16.5. The zero-order chi connectivity index (χ0) is 12.8. The highest BCUT2D eigenvalue weighted by Crippen LogP contribution is 2.28. The fraction of sp³-hybridized carbons (Fsp3) is 0.500. The van der Waals surface area contributed by atoms with Gasteiger partial charge in [-0.3, -0.25) is 4.79 Å². The molecule has 0 bridgehead atoms. The van der Waals surface area contributed by atoms with Gasteiger partial charge in [-0.25, -0.2) is 0 Å². The molecule has 1 saturated carbocycles. The lowest BCUT2D eigenvalue weighted by Gasteiger charge is -2.06. The summed E-state index contributed by atoms with van der Waals surface area (Å²) in [6.45, 7) is 1.53. The molecule has 4 nitrogen and oxygen atoms in total. The number of carbonyl (C=O) groups excluding carboxylic acids is 1. The maximum atomic E-state index is 11.6. The fourth-order valence-corrected chi connectivity index (χ4v) is 1.71. The molecule has 0 atom stereocenters. The molecule has 2 rings (SSSR count). The van der Waals surface area contributed by atoms with Crippen molar-refractivity contribution >= 4 is 17.3 Å². The number of hydrogen-bond acceptors (Lipinski definition) is 3. The first kappa shape index (κ1) is 12.9. The molecule has 18 heavy (non-hydrogen) atoms. The summed E-state index contributed by atoms with van der Waals surface area (Å²) in [5.41, 5.74) is 7.04. The van der Waals surface area contributed by atoms with Gasteiger partial charge in [0.25, 0.3) is 0 Å². The van der Waals surface area contributed by atoms with Gasteiger partial charge < -0.3 is 15.8 Å². The second-order valence-corrected chi connectivity index (χ2v) is 4.80. The molecule has 1 aromatic carbocycles. The standard InChI is InChI=1S/C14H20N2O2/c15-12-3-1-4-13(9-12)16-14(17)5-2-8-18-10-11-6-7-11/h1,3-4,9,11H,2,5-8,10,15H2,(H,16,17). The van der Waals surface area contributed by atoms with Crippen molar-refractivity contribution in [2.75, 3.05) is 24.3 Å². The van der Waals surface area contributed by atoms with Crippen molar-refractivity contribution in [1.82, 2.24) is 0 Å². The average Bonchev–Trinajstić information content (AvgIpc) is 3.12. The van der Waals surface area contributed by atoms with Gasteiger partial charge in [-0.1, -0.05) is 6.07 Å². The molecule has 0 aliphatic heterocycles. The molecular formula is C14H20N2O2. The van der Waals surface area contributed by atoms with Crippen molar-refractivity contribution in [3.8, 4) is 0 Å². The van der Waals surface area contributed by atoms with Crippen LogP contribution in [0.5, 0.6) is 0 Å². The minimum atomic E-state index is 0.00984. The lowest BCUT2D eigenvalue weighted by atomic mass is 10.2. The second-order valence-electron chi connectivity index (χ2n) is 4.80. The highest BCUT2D eigenvalue weighted by molar-refractivity contribution is 5.91. The topological polar surface area (TPSA) is 64.3 Å². The van der Waals surface area contributed by atoms with Crippen molar-refractivity contribution in [2.45, 2.75) is 25.7 Å². The number of nitrogen functional groups attached to an aromatic ring is 1. The van der Waals surface area contributed by atoms with Gasteiger partial charge in [-0.15, -0.1) is 0 Å². The first-order chi connectivity index (χ1) is 8.74. The molecule has 1 amide bonds. The van der Waals surface area contributed by atoms with E-state index in [1.54, 1.807) is 12.1 Å². The van der Waals surface area contributed by atoms with Crippen molar-refractivity contribution in [1.29, 1.82) is 0 Å². The van der Waals surface area contributed by atoms with Gasteiger partial charge in [0.2, 0.25) is 5.91 Å². The molecule has 0 spiro atoms. The Balaban J connectivity index is 1.59. The van der Waals surface area contributed by atoms with Gasteiger partial charge in [0.15, 0.2) is 0 Å². The van der Waals surface area contributed by atoms with E-state index in [4.69, 9.17) is 10.5 Å². The molecule has 1 aromatic rings. The Morgan fingerprint density at radius 3 is 3.00 bits per heavy atom. The summed E-state index contributed by atoms with van der Waals surface area (Å²) in [6.07, 6.45) is 3.85. The van der Waals surface area contributed by atoms with E-state index in [1.165, 1.54) is 12.8 Å². The molecule has 1 aliphatic rings. The molecule has 3 N–H and O–H groups in total. The Labute approximate surface area is 108 Å². The van der Waals surface area contributed by atoms with E-state index in [0.717, 1.165) is 24.6 Å². The first-order valence-electron chi connectivity index (χ1n) is 6.47. The van der Waals surface area contributed by atoms with Gasteiger partial charge in [0.1, 0.15) is 0 Å². The molecule has 0 heterocycles. The monoisotopic (exact) mass is 248 g/mol. The Morgan fingerprint density at radius 2 is 2.28 bits per heavy atom. The van der Waals surface area contributed by atoms with Crippen LogP contribution in [0.1, 0.15) is 25.7 Å². The molecular weight excluding hydrogens is 228 g/mol. The fourth-order valence-electron chi connectivity index (χ4n) is 1.71. The van der Waals surface area contributed by atoms with E-state index < -0.39 is 0 Å². The number of amides is 1. The third-order valence-electron chi connectivity index (χ3n) is 2.91. The largest absolute Gasteiger partial charge is 0.399 e. The SMILES string of the molecule is Nc1cccc(NC(=O)CCCOCC2CC2)c1. The number of hydrogen-bond donors (Lipinski definition) is 2. The number of rotatable bonds is 7. The van der Waals surface area contributed by atoms with E-state index in [-0.39, 0.29) is 5.91 Å². The van der Waals surface area contributed by atoms with Crippen molar-refractivity contribution in [3.63, 3.8) is 0 Å². The van der Waals surface area contributed by atoms with Gasteiger partial charge in [0.05, 0.1) is 0 Å². The third-order valence-corrected chi connectivity index (χ3v) is 2.91. The van der Waals surface area contributed by atoms with Gasteiger partial charge in [0, 0.05) is 31.0 Å². The summed E-state index contributed by atoms with van der Waals surface area (Å²) in [6, 6.07) is 7.20. The zero-order valence-corrected chi connectivity index (χ0v) is 10.5. The normalized spacial score (nSPS) is 14.4. The van der Waals surface area contributed by atoms with Crippen molar-refractivity contribution in [2.24, 2.45) is 5.92 Å². The molecule has 0 saturated heterocycles. The molecule has 1 aliphatic carbocycles. The average molecular weight is 248 g/mol. The lowest BCUT2D eigenvalue weighted by molar-refractivity contribution is -0.116. The van der Waals surface area contributed by atoms with Crippen molar-refractivity contribution < 1.29 is 9.53 Å². The van der Waals surface area contributed by atoms with Gasteiger partial charge in [-0.2, -0.15) is 0 Å². The van der Waals surface area contributed by atoms with E-state index in [2.05, 4.69) is 5.32 Å². The predicted molar refractivity (Wildman–Crippen MR) is 72.3 cm³/mol. The van der Waals surface area contributed by atoms with E-state index >= 15 is 0 Å². The van der Waals surface area contributed by atoms with Gasteiger partial charge in [-0.05, 0) is 43.4 Å². The van der Waals surface area contributed by atoms with Crippen LogP contribution in [-0.4, -0.2) is 19.1 Å². The van der Waals surface area contributed by atoms with Crippen LogP contribution in [-0.2, 0) is 9.53 Å². The molecule has 0 radical (unpaired) electrons. The summed E-state index contributed by atoms with van der Waals surface area (Å²) in [5.74, 6) is 0.793. The minimum Gasteiger partial charge on any atom is -0.399 e. The predicted octanol–water partition coefficient (Wildman–Crippen LogP) is 2.41. The number of benzene rings is 1. The minimum absolute atomic E-state index is 0.00984. The Hall–Kier alpha value is -1.55. The van der Waals surface area contributed by atoms with E-state index in [1.807, 2.05) is 12.1 Å². The van der Waals surface area contributed by atoms with E-state index in [9.17, 15) is 4.79 Å². The Bertz CT molecular complexity index is 403. The van der Waals surface area contributed by atoms with Crippen molar-refractivity contribution in [3.05, 3.63) is 24.3 Å². The number of anilines is 2. The van der Waals surface area contributed by atoms with Crippen LogP contribution in [0.3, 0.4) is 0 Å². The number of nitrogens with two attached hydrogens (primary N) is 1. The smallest absolute Gasteiger partial charge is 0.224 e. The summed E-state index contributed by atoms with van der Waals surface area (Å²) in [7, 11) is 0. The van der Waals surface area contributed by atoms with Crippen LogP contribution < -0.4 is 11.1 Å². The number of nitrogens with one attached hydrogen (secondary N) is 1. The second kappa shape index (κ2) is 6.40.